The van der Waals surface area contributed by atoms with Gasteiger partial charge in [-0.3, -0.25) is 0 Å². The van der Waals surface area contributed by atoms with E-state index in [0.717, 1.165) is 25.1 Å². The van der Waals surface area contributed by atoms with Crippen LogP contribution in [-0.4, -0.2) is 18.2 Å². The molecule has 1 fully saturated rings. The lowest BCUT2D eigenvalue weighted by Crippen LogP contribution is -2.26. The second kappa shape index (κ2) is 5.96. The minimum atomic E-state index is -0.340. The van der Waals surface area contributed by atoms with Crippen LogP contribution in [0.4, 0.5) is 5.69 Å². The molecule has 2 rings (SSSR count). The average Bonchev–Trinajstić information content (AvgIpc) is 2.59. The van der Waals surface area contributed by atoms with E-state index in [9.17, 15) is 5.11 Å². The fourth-order valence-electron chi connectivity index (χ4n) is 2.94. The van der Waals surface area contributed by atoms with Crippen molar-refractivity contribution in [3.8, 4) is 0 Å². The van der Waals surface area contributed by atoms with E-state index < -0.39 is 0 Å². The van der Waals surface area contributed by atoms with Crippen LogP contribution >= 0.6 is 0 Å². The maximum absolute atomic E-state index is 10.2. The highest BCUT2D eigenvalue weighted by molar-refractivity contribution is 5.54. The van der Waals surface area contributed by atoms with E-state index in [0.29, 0.717) is 5.41 Å². The summed E-state index contributed by atoms with van der Waals surface area (Å²) < 4.78 is 0. The molecule has 1 aromatic carbocycles. The van der Waals surface area contributed by atoms with Crippen LogP contribution in [0.15, 0.2) is 24.3 Å². The predicted octanol–water partition coefficient (Wildman–Crippen LogP) is 4.15. The first-order valence-electron chi connectivity index (χ1n) is 7.55. The number of hydrogen-bond donors (Lipinski definition) is 1. The Morgan fingerprint density at radius 2 is 1.95 bits per heavy atom. The fraction of sp³-hybridized carbons (Fsp3) is 0.647. The van der Waals surface area contributed by atoms with Crippen molar-refractivity contribution in [2.45, 2.75) is 52.6 Å². The minimum absolute atomic E-state index is 0.340. The highest BCUT2D eigenvalue weighted by Gasteiger charge is 2.24. The lowest BCUT2D eigenvalue weighted by atomic mass is 9.85. The van der Waals surface area contributed by atoms with Crippen LogP contribution in [0.25, 0.3) is 0 Å². The molecule has 0 radical (unpaired) electrons. The molecule has 1 aliphatic rings. The van der Waals surface area contributed by atoms with Gasteiger partial charge >= 0.3 is 0 Å². The molecule has 1 N–H and O–H groups in total. The van der Waals surface area contributed by atoms with Gasteiger partial charge in [-0.15, -0.1) is 0 Å². The van der Waals surface area contributed by atoms with Crippen molar-refractivity contribution in [1.82, 2.24) is 0 Å². The van der Waals surface area contributed by atoms with Crippen LogP contribution in [0, 0.1) is 5.41 Å². The van der Waals surface area contributed by atoms with Crippen molar-refractivity contribution in [1.29, 1.82) is 0 Å². The molecule has 0 unspecified atom stereocenters. The van der Waals surface area contributed by atoms with Gasteiger partial charge in [-0.1, -0.05) is 39.0 Å². The molecule has 0 spiro atoms. The molecule has 1 aromatic rings. The molecule has 1 heterocycles. The summed E-state index contributed by atoms with van der Waals surface area (Å²) >= 11 is 0. The normalized spacial score (nSPS) is 20.9. The summed E-state index contributed by atoms with van der Waals surface area (Å²) in [6, 6.07) is 8.34. The van der Waals surface area contributed by atoms with Gasteiger partial charge in [-0.25, -0.2) is 0 Å². The molecule has 2 heteroatoms. The number of nitrogens with zero attached hydrogens (tertiary/aromatic N) is 1. The fourth-order valence-corrected chi connectivity index (χ4v) is 2.94. The number of hydrogen-bond acceptors (Lipinski definition) is 2. The number of anilines is 1. The monoisotopic (exact) mass is 261 g/mol. The first-order chi connectivity index (χ1) is 9.03. The lowest BCUT2D eigenvalue weighted by Gasteiger charge is -2.28. The largest absolute Gasteiger partial charge is 0.388 e. The summed E-state index contributed by atoms with van der Waals surface area (Å²) in [5.74, 6) is 0. The van der Waals surface area contributed by atoms with Gasteiger partial charge in [0.15, 0.2) is 0 Å². The van der Waals surface area contributed by atoms with Gasteiger partial charge in [-0.2, -0.15) is 0 Å². The molecule has 106 valence electrons. The van der Waals surface area contributed by atoms with E-state index in [4.69, 9.17) is 0 Å². The molecule has 1 atom stereocenters. The first kappa shape index (κ1) is 14.4. The maximum atomic E-state index is 10.2. The summed E-state index contributed by atoms with van der Waals surface area (Å²) in [7, 11) is 0. The van der Waals surface area contributed by atoms with Crippen molar-refractivity contribution in [3.63, 3.8) is 0 Å². The third-order valence-electron chi connectivity index (χ3n) is 4.36. The second-order valence-electron chi connectivity index (χ2n) is 6.49. The standard InChI is InChI=1S/C17H27NO/c1-4-16(19)14-8-5-6-9-15(14)18-12-7-10-17(2,3)11-13-18/h5-6,8-9,16,19H,4,7,10-13H2,1-3H3/t16-/m1/s1. The van der Waals surface area contributed by atoms with Gasteiger partial charge < -0.3 is 10.0 Å². The summed E-state index contributed by atoms with van der Waals surface area (Å²) in [6.07, 6.45) is 4.19. The van der Waals surface area contributed by atoms with Crippen LogP contribution in [-0.2, 0) is 0 Å². The van der Waals surface area contributed by atoms with Crippen molar-refractivity contribution in [2.24, 2.45) is 5.41 Å². The Labute approximate surface area is 117 Å². The van der Waals surface area contributed by atoms with Crippen molar-refractivity contribution in [2.75, 3.05) is 18.0 Å². The van der Waals surface area contributed by atoms with E-state index in [1.165, 1.54) is 24.9 Å². The molecule has 19 heavy (non-hydrogen) atoms. The van der Waals surface area contributed by atoms with E-state index in [-0.39, 0.29) is 6.10 Å². The van der Waals surface area contributed by atoms with E-state index >= 15 is 0 Å². The number of para-hydroxylation sites is 1. The molecule has 1 saturated heterocycles. The molecule has 0 amide bonds. The zero-order valence-electron chi connectivity index (χ0n) is 12.5. The third-order valence-corrected chi connectivity index (χ3v) is 4.36. The van der Waals surface area contributed by atoms with Crippen LogP contribution in [0.1, 0.15) is 58.1 Å². The topological polar surface area (TPSA) is 23.5 Å². The van der Waals surface area contributed by atoms with Crippen LogP contribution in [0.3, 0.4) is 0 Å². The molecular formula is C17H27NO. The summed E-state index contributed by atoms with van der Waals surface area (Å²) in [4.78, 5) is 2.46. The Balaban J connectivity index is 2.22. The Morgan fingerprint density at radius 1 is 1.21 bits per heavy atom. The van der Waals surface area contributed by atoms with Crippen molar-refractivity contribution in [3.05, 3.63) is 29.8 Å². The van der Waals surface area contributed by atoms with Gasteiger partial charge in [0, 0.05) is 24.3 Å². The van der Waals surface area contributed by atoms with E-state index in [1.54, 1.807) is 0 Å². The predicted molar refractivity (Wildman–Crippen MR) is 81.5 cm³/mol. The summed E-state index contributed by atoms with van der Waals surface area (Å²) in [5.41, 5.74) is 2.77. The van der Waals surface area contributed by atoms with Crippen LogP contribution in [0.2, 0.25) is 0 Å². The SMILES string of the molecule is CC[C@@H](O)c1ccccc1N1CCCC(C)(C)CC1. The van der Waals surface area contributed by atoms with Gasteiger partial charge in [0.1, 0.15) is 0 Å². The van der Waals surface area contributed by atoms with Gasteiger partial charge in [0.25, 0.3) is 0 Å². The summed E-state index contributed by atoms with van der Waals surface area (Å²) in [5, 5.41) is 10.2. The number of rotatable bonds is 3. The molecule has 0 bridgehead atoms. The van der Waals surface area contributed by atoms with Crippen molar-refractivity contribution < 1.29 is 5.11 Å². The molecule has 1 aliphatic heterocycles. The summed E-state index contributed by atoms with van der Waals surface area (Å²) in [6.45, 7) is 8.97. The van der Waals surface area contributed by atoms with E-state index in [1.807, 2.05) is 13.0 Å². The third kappa shape index (κ3) is 3.50. The highest BCUT2D eigenvalue weighted by atomic mass is 16.3. The lowest BCUT2D eigenvalue weighted by molar-refractivity contribution is 0.174. The van der Waals surface area contributed by atoms with Crippen LogP contribution < -0.4 is 4.90 Å². The molecular weight excluding hydrogens is 234 g/mol. The van der Waals surface area contributed by atoms with Gasteiger partial charge in [0.2, 0.25) is 0 Å². The minimum Gasteiger partial charge on any atom is -0.388 e. The Hall–Kier alpha value is -1.02. The number of aliphatic hydroxyl groups excluding tert-OH is 1. The Bertz CT molecular complexity index is 413. The van der Waals surface area contributed by atoms with Crippen LogP contribution in [0.5, 0.6) is 0 Å². The first-order valence-corrected chi connectivity index (χ1v) is 7.55. The zero-order chi connectivity index (χ0) is 13.9. The maximum Gasteiger partial charge on any atom is 0.0807 e. The second-order valence-corrected chi connectivity index (χ2v) is 6.49. The highest BCUT2D eigenvalue weighted by Crippen LogP contribution is 2.34. The molecule has 0 aliphatic carbocycles. The Morgan fingerprint density at radius 3 is 2.68 bits per heavy atom. The average molecular weight is 261 g/mol. The quantitative estimate of drug-likeness (QED) is 0.883. The van der Waals surface area contributed by atoms with Gasteiger partial charge in [0.05, 0.1) is 6.10 Å². The van der Waals surface area contributed by atoms with Crippen molar-refractivity contribution >= 4 is 5.69 Å². The molecule has 0 aromatic heterocycles. The van der Waals surface area contributed by atoms with Gasteiger partial charge in [-0.05, 0) is 37.2 Å². The van der Waals surface area contributed by atoms with E-state index in [2.05, 4.69) is 36.9 Å². The Kier molecular flexibility index (Phi) is 4.51. The number of aliphatic hydroxyl groups is 1. The molecule has 0 saturated carbocycles. The zero-order valence-corrected chi connectivity index (χ0v) is 12.5. The smallest absolute Gasteiger partial charge is 0.0807 e. The number of benzene rings is 1. The molecule has 2 nitrogen and oxygen atoms in total.